The van der Waals surface area contributed by atoms with Gasteiger partial charge in [-0.3, -0.25) is 14.5 Å². The zero-order chi connectivity index (χ0) is 18.8. The molecule has 26 heavy (non-hydrogen) atoms. The van der Waals surface area contributed by atoms with Crippen LogP contribution in [-0.2, 0) is 11.3 Å². The van der Waals surface area contributed by atoms with Gasteiger partial charge in [0.2, 0.25) is 0 Å². The molecule has 1 heterocycles. The molecule has 0 bridgehead atoms. The summed E-state index contributed by atoms with van der Waals surface area (Å²) in [7, 11) is 1.41. The van der Waals surface area contributed by atoms with Crippen molar-refractivity contribution in [2.75, 3.05) is 7.11 Å². The fourth-order valence-electron chi connectivity index (χ4n) is 2.61. The minimum Gasteiger partial charge on any atom is -0.503 e. The number of aromatic hydroxyl groups is 1. The van der Waals surface area contributed by atoms with Crippen molar-refractivity contribution in [1.82, 2.24) is 4.90 Å². The second-order valence-corrected chi connectivity index (χ2v) is 7.21. The number of hydrogen-bond donors (Lipinski definition) is 1. The lowest BCUT2D eigenvalue weighted by Crippen LogP contribution is -2.27. The molecular weight excluding hydrogens is 374 g/mol. The van der Waals surface area contributed by atoms with Crippen LogP contribution in [0, 0.1) is 6.92 Å². The van der Waals surface area contributed by atoms with Crippen LogP contribution in [0.15, 0.2) is 41.3 Å². The molecule has 1 aliphatic rings. The molecule has 7 heteroatoms. The second-order valence-electron chi connectivity index (χ2n) is 5.81. The smallest absolute Gasteiger partial charge is 0.293 e. The Hall–Kier alpha value is -2.44. The van der Waals surface area contributed by atoms with Crippen molar-refractivity contribution in [2.24, 2.45) is 0 Å². The lowest BCUT2D eigenvalue weighted by molar-refractivity contribution is -0.123. The molecule has 134 valence electrons. The number of nitrogens with zero attached hydrogens (tertiary/aromatic N) is 1. The zero-order valence-electron chi connectivity index (χ0n) is 14.2. The second kappa shape index (κ2) is 7.43. The number of amides is 2. The highest BCUT2D eigenvalue weighted by Crippen LogP contribution is 2.38. The number of thioether (sulfide) groups is 1. The van der Waals surface area contributed by atoms with E-state index in [-0.39, 0.29) is 34.2 Å². The number of benzene rings is 2. The van der Waals surface area contributed by atoms with E-state index >= 15 is 0 Å². The maximum Gasteiger partial charge on any atom is 0.293 e. The number of ether oxygens (including phenoxy) is 1. The standard InChI is InChI=1S/C19H16ClNO4S/c1-11-4-3-5-12(6-11)10-21-18(23)16(26-19(21)24)9-13-7-14(20)17(22)15(8-13)25-2/h3-9,22H,10H2,1-2H3/b16-9-. The monoisotopic (exact) mass is 389 g/mol. The van der Waals surface area contributed by atoms with E-state index in [0.29, 0.717) is 10.5 Å². The highest BCUT2D eigenvalue weighted by Gasteiger charge is 2.35. The lowest BCUT2D eigenvalue weighted by Gasteiger charge is -2.12. The van der Waals surface area contributed by atoms with E-state index in [1.807, 2.05) is 31.2 Å². The topological polar surface area (TPSA) is 66.8 Å². The fraction of sp³-hybridized carbons (Fsp3) is 0.158. The number of aryl methyl sites for hydroxylation is 1. The molecule has 0 spiro atoms. The molecule has 1 fully saturated rings. The molecule has 0 aliphatic carbocycles. The molecule has 2 amide bonds. The fourth-order valence-corrected chi connectivity index (χ4v) is 3.67. The van der Waals surface area contributed by atoms with E-state index in [1.54, 1.807) is 12.1 Å². The quantitative estimate of drug-likeness (QED) is 0.774. The van der Waals surface area contributed by atoms with Gasteiger partial charge >= 0.3 is 0 Å². The summed E-state index contributed by atoms with van der Waals surface area (Å²) in [6, 6.07) is 10.7. The van der Waals surface area contributed by atoms with Crippen LogP contribution in [0.25, 0.3) is 6.08 Å². The molecular formula is C19H16ClNO4S. The summed E-state index contributed by atoms with van der Waals surface area (Å²) in [5.74, 6) is -0.328. The number of phenolic OH excluding ortho intramolecular Hbond substituents is 1. The molecule has 1 N–H and O–H groups in total. The first-order valence-corrected chi connectivity index (χ1v) is 8.96. The van der Waals surface area contributed by atoms with Crippen molar-refractivity contribution in [3.63, 3.8) is 0 Å². The zero-order valence-corrected chi connectivity index (χ0v) is 15.7. The first kappa shape index (κ1) is 18.4. The number of methoxy groups -OCH3 is 1. The minimum absolute atomic E-state index is 0.106. The Bertz CT molecular complexity index is 926. The molecule has 0 unspecified atom stereocenters. The van der Waals surface area contributed by atoms with Crippen molar-refractivity contribution in [3.8, 4) is 11.5 Å². The van der Waals surface area contributed by atoms with Gasteiger partial charge in [-0.2, -0.15) is 0 Å². The van der Waals surface area contributed by atoms with Crippen LogP contribution in [0.1, 0.15) is 16.7 Å². The predicted octanol–water partition coefficient (Wildman–Crippen LogP) is 4.60. The molecule has 3 rings (SSSR count). The highest BCUT2D eigenvalue weighted by atomic mass is 35.5. The first-order chi connectivity index (χ1) is 12.4. The van der Waals surface area contributed by atoms with Gasteiger partial charge in [-0.05, 0) is 48.0 Å². The third-order valence-electron chi connectivity index (χ3n) is 3.87. The van der Waals surface area contributed by atoms with Crippen LogP contribution in [0.2, 0.25) is 5.02 Å². The van der Waals surface area contributed by atoms with Crippen molar-refractivity contribution >= 4 is 40.6 Å². The summed E-state index contributed by atoms with van der Waals surface area (Å²) < 4.78 is 5.06. The number of phenols is 1. The molecule has 1 saturated heterocycles. The predicted molar refractivity (Wildman–Crippen MR) is 102 cm³/mol. The van der Waals surface area contributed by atoms with Gasteiger partial charge in [0.25, 0.3) is 11.1 Å². The Labute approximate surface area is 160 Å². The Morgan fingerprint density at radius 1 is 1.27 bits per heavy atom. The summed E-state index contributed by atoms with van der Waals surface area (Å²) in [4.78, 5) is 26.4. The van der Waals surface area contributed by atoms with Gasteiger partial charge in [0.1, 0.15) is 0 Å². The number of carbonyl (C=O) groups excluding carboxylic acids is 2. The lowest BCUT2D eigenvalue weighted by atomic mass is 10.1. The molecule has 0 atom stereocenters. The summed E-state index contributed by atoms with van der Waals surface area (Å²) in [5, 5.41) is 9.58. The Kier molecular flexibility index (Phi) is 5.25. The molecule has 0 aromatic heterocycles. The average Bonchev–Trinajstić information content (AvgIpc) is 2.85. The molecule has 0 saturated carbocycles. The number of hydrogen-bond acceptors (Lipinski definition) is 5. The summed E-state index contributed by atoms with van der Waals surface area (Å²) in [6.07, 6.45) is 1.56. The number of halogens is 1. The summed E-state index contributed by atoms with van der Waals surface area (Å²) >= 11 is 6.85. The van der Waals surface area contributed by atoms with Gasteiger partial charge in [0.05, 0.1) is 23.6 Å². The van der Waals surface area contributed by atoms with Crippen LogP contribution in [0.3, 0.4) is 0 Å². The van der Waals surface area contributed by atoms with E-state index in [1.165, 1.54) is 18.1 Å². The highest BCUT2D eigenvalue weighted by molar-refractivity contribution is 8.18. The van der Waals surface area contributed by atoms with Crippen molar-refractivity contribution in [1.29, 1.82) is 0 Å². The Morgan fingerprint density at radius 3 is 2.73 bits per heavy atom. The van der Waals surface area contributed by atoms with E-state index in [0.717, 1.165) is 22.9 Å². The third-order valence-corrected chi connectivity index (χ3v) is 5.06. The van der Waals surface area contributed by atoms with Gasteiger partial charge in [-0.1, -0.05) is 41.4 Å². The van der Waals surface area contributed by atoms with Crippen LogP contribution in [0.5, 0.6) is 11.5 Å². The van der Waals surface area contributed by atoms with Gasteiger partial charge in [-0.25, -0.2) is 0 Å². The van der Waals surface area contributed by atoms with Crippen molar-refractivity contribution in [3.05, 3.63) is 63.0 Å². The number of carbonyl (C=O) groups is 2. The van der Waals surface area contributed by atoms with Crippen LogP contribution in [0.4, 0.5) is 4.79 Å². The summed E-state index contributed by atoms with van der Waals surface area (Å²) in [5.41, 5.74) is 2.52. The Morgan fingerprint density at radius 2 is 2.04 bits per heavy atom. The van der Waals surface area contributed by atoms with Crippen molar-refractivity contribution in [2.45, 2.75) is 13.5 Å². The molecule has 1 aliphatic heterocycles. The van der Waals surface area contributed by atoms with E-state index in [9.17, 15) is 14.7 Å². The third kappa shape index (κ3) is 3.71. The summed E-state index contributed by atoms with van der Waals surface area (Å²) in [6.45, 7) is 2.18. The normalized spacial score (nSPS) is 15.8. The number of imide groups is 1. The van der Waals surface area contributed by atoms with Crippen LogP contribution >= 0.6 is 23.4 Å². The van der Waals surface area contributed by atoms with Crippen molar-refractivity contribution < 1.29 is 19.4 Å². The maximum atomic E-state index is 12.6. The maximum absolute atomic E-state index is 12.6. The van der Waals surface area contributed by atoms with E-state index in [2.05, 4.69) is 0 Å². The van der Waals surface area contributed by atoms with Crippen LogP contribution < -0.4 is 4.74 Å². The largest absolute Gasteiger partial charge is 0.503 e. The van der Waals surface area contributed by atoms with Gasteiger partial charge < -0.3 is 9.84 Å². The molecule has 5 nitrogen and oxygen atoms in total. The number of rotatable bonds is 4. The Balaban J connectivity index is 1.87. The van der Waals surface area contributed by atoms with E-state index in [4.69, 9.17) is 16.3 Å². The molecule has 2 aromatic rings. The molecule has 0 radical (unpaired) electrons. The van der Waals surface area contributed by atoms with E-state index < -0.39 is 0 Å². The first-order valence-electron chi connectivity index (χ1n) is 7.76. The van der Waals surface area contributed by atoms with Gasteiger partial charge in [0.15, 0.2) is 11.5 Å². The molecule has 2 aromatic carbocycles. The SMILES string of the molecule is COc1cc(/C=C2\SC(=O)N(Cc3cccc(C)c3)C2=O)cc(Cl)c1O. The van der Waals surface area contributed by atoms with Gasteiger partial charge in [0, 0.05) is 0 Å². The van der Waals surface area contributed by atoms with Gasteiger partial charge in [-0.15, -0.1) is 0 Å². The minimum atomic E-state index is -0.357. The van der Waals surface area contributed by atoms with Crippen LogP contribution in [-0.4, -0.2) is 28.3 Å². The average molecular weight is 390 g/mol.